The number of nitrogens with two attached hydrogens (primary N) is 1. The van der Waals surface area contributed by atoms with Crippen LogP contribution in [-0.4, -0.2) is 24.4 Å². The smallest absolute Gasteiger partial charge is 0.338 e. The number of halogens is 3. The van der Waals surface area contributed by atoms with Gasteiger partial charge in [0.1, 0.15) is 0 Å². The van der Waals surface area contributed by atoms with E-state index in [2.05, 4.69) is 5.32 Å². The van der Waals surface area contributed by atoms with Crippen molar-refractivity contribution in [1.82, 2.24) is 0 Å². The highest BCUT2D eigenvalue weighted by Gasteiger charge is 2.14. The summed E-state index contributed by atoms with van der Waals surface area (Å²) in [6.45, 7) is -0.550. The molecule has 2 amide bonds. The predicted molar refractivity (Wildman–Crippen MR) is 95.3 cm³/mol. The monoisotopic (exact) mass is 400 g/mol. The Hall–Kier alpha value is -2.28. The van der Waals surface area contributed by atoms with Gasteiger partial charge in [-0.25, -0.2) is 4.79 Å². The second-order valence-corrected chi connectivity index (χ2v) is 6.06. The highest BCUT2D eigenvalue weighted by atomic mass is 35.5. The molecule has 0 saturated carbocycles. The van der Waals surface area contributed by atoms with E-state index in [4.69, 9.17) is 45.3 Å². The molecular formula is C16H11Cl3N2O4. The van der Waals surface area contributed by atoms with Crippen LogP contribution in [-0.2, 0) is 9.53 Å². The van der Waals surface area contributed by atoms with Gasteiger partial charge < -0.3 is 15.8 Å². The van der Waals surface area contributed by atoms with E-state index in [0.717, 1.165) is 0 Å². The third-order valence-electron chi connectivity index (χ3n) is 3.01. The van der Waals surface area contributed by atoms with Crippen LogP contribution in [0.2, 0.25) is 15.1 Å². The molecule has 2 aromatic rings. The number of esters is 1. The van der Waals surface area contributed by atoms with Crippen molar-refractivity contribution in [2.75, 3.05) is 11.9 Å². The summed E-state index contributed by atoms with van der Waals surface area (Å²) in [5.74, 6) is -1.98. The van der Waals surface area contributed by atoms with E-state index in [-0.39, 0.29) is 26.9 Å². The number of anilines is 1. The van der Waals surface area contributed by atoms with Crippen molar-refractivity contribution >= 4 is 58.3 Å². The Bertz CT molecular complexity index is 815. The third kappa shape index (κ3) is 5.09. The Balaban J connectivity index is 1.96. The van der Waals surface area contributed by atoms with Gasteiger partial charge in [-0.3, -0.25) is 9.59 Å². The fraction of sp³-hybridized carbons (Fsp3) is 0.0625. The molecule has 0 radical (unpaired) electrons. The lowest BCUT2D eigenvalue weighted by Crippen LogP contribution is -2.21. The normalized spacial score (nSPS) is 10.2. The number of carbonyl (C=O) groups is 3. The number of hydrogen-bond donors (Lipinski definition) is 2. The van der Waals surface area contributed by atoms with Crippen LogP contribution in [0.3, 0.4) is 0 Å². The molecule has 0 heterocycles. The van der Waals surface area contributed by atoms with Gasteiger partial charge in [0.05, 0.1) is 21.3 Å². The molecule has 0 fully saturated rings. The van der Waals surface area contributed by atoms with Gasteiger partial charge in [0.15, 0.2) is 6.61 Å². The minimum atomic E-state index is -0.737. The molecule has 2 aromatic carbocycles. The van der Waals surface area contributed by atoms with Crippen molar-refractivity contribution in [2.24, 2.45) is 5.73 Å². The van der Waals surface area contributed by atoms with Gasteiger partial charge in [0, 0.05) is 10.6 Å². The molecule has 6 nitrogen and oxygen atoms in total. The number of hydrogen-bond acceptors (Lipinski definition) is 4. The molecule has 0 bridgehead atoms. The van der Waals surface area contributed by atoms with Crippen LogP contribution in [0.25, 0.3) is 0 Å². The highest BCUT2D eigenvalue weighted by molar-refractivity contribution is 6.42. The summed E-state index contributed by atoms with van der Waals surface area (Å²) in [5, 5.41) is 3.06. The van der Waals surface area contributed by atoms with Crippen molar-refractivity contribution in [2.45, 2.75) is 0 Å². The van der Waals surface area contributed by atoms with Crippen molar-refractivity contribution in [1.29, 1.82) is 0 Å². The van der Waals surface area contributed by atoms with E-state index < -0.39 is 24.4 Å². The van der Waals surface area contributed by atoms with Gasteiger partial charge in [-0.1, -0.05) is 34.8 Å². The molecule has 3 N–H and O–H groups in total. The number of carbonyl (C=O) groups excluding carboxylic acids is 3. The Kier molecular flexibility index (Phi) is 6.25. The summed E-state index contributed by atoms with van der Waals surface area (Å²) in [7, 11) is 0. The van der Waals surface area contributed by atoms with E-state index >= 15 is 0 Å². The lowest BCUT2D eigenvalue weighted by molar-refractivity contribution is -0.119. The molecule has 25 heavy (non-hydrogen) atoms. The zero-order valence-electron chi connectivity index (χ0n) is 12.5. The Morgan fingerprint density at radius 1 is 0.960 bits per heavy atom. The van der Waals surface area contributed by atoms with Crippen molar-refractivity contribution in [3.05, 3.63) is 62.6 Å². The Labute approximate surface area is 157 Å². The van der Waals surface area contributed by atoms with Crippen LogP contribution in [0.4, 0.5) is 5.69 Å². The van der Waals surface area contributed by atoms with E-state index in [9.17, 15) is 14.4 Å². The average molecular weight is 402 g/mol. The van der Waals surface area contributed by atoms with Crippen molar-refractivity contribution in [3.8, 4) is 0 Å². The quantitative estimate of drug-likeness (QED) is 0.749. The van der Waals surface area contributed by atoms with Crippen LogP contribution in [0.1, 0.15) is 20.7 Å². The zero-order valence-corrected chi connectivity index (χ0v) is 14.8. The average Bonchev–Trinajstić information content (AvgIpc) is 2.56. The summed E-state index contributed by atoms with van der Waals surface area (Å²) >= 11 is 17.7. The van der Waals surface area contributed by atoms with E-state index in [1.54, 1.807) is 0 Å². The summed E-state index contributed by atoms with van der Waals surface area (Å²) in [5.41, 5.74) is 5.69. The van der Waals surface area contributed by atoms with Gasteiger partial charge >= 0.3 is 5.97 Å². The minimum Gasteiger partial charge on any atom is -0.452 e. The Morgan fingerprint density at radius 2 is 1.48 bits per heavy atom. The largest absolute Gasteiger partial charge is 0.452 e. The topological polar surface area (TPSA) is 98.5 Å². The fourth-order valence-electron chi connectivity index (χ4n) is 1.82. The Morgan fingerprint density at radius 3 is 2.00 bits per heavy atom. The van der Waals surface area contributed by atoms with Crippen LogP contribution in [0.5, 0.6) is 0 Å². The number of benzene rings is 2. The summed E-state index contributed by atoms with van der Waals surface area (Å²) in [6.07, 6.45) is 0. The van der Waals surface area contributed by atoms with E-state index in [0.29, 0.717) is 5.02 Å². The lowest BCUT2D eigenvalue weighted by Gasteiger charge is -2.10. The number of nitrogens with one attached hydrogen (secondary N) is 1. The molecule has 0 spiro atoms. The van der Waals surface area contributed by atoms with Gasteiger partial charge in [0.2, 0.25) is 5.91 Å². The number of rotatable bonds is 5. The number of primary amides is 1. The summed E-state index contributed by atoms with van der Waals surface area (Å²) < 4.78 is 4.89. The van der Waals surface area contributed by atoms with Crippen LogP contribution in [0, 0.1) is 0 Å². The molecule has 0 aliphatic rings. The molecule has 2 rings (SSSR count). The maximum atomic E-state index is 11.9. The van der Waals surface area contributed by atoms with E-state index in [1.165, 1.54) is 36.4 Å². The standard InChI is InChI=1S/C16H11Cl3N2O4/c17-10-5-11(18)14(12(19)6-10)21-13(22)7-25-16(24)9-3-1-8(2-4-9)15(20)23/h1-6H,7H2,(H2,20,23)(H,21,22). The van der Waals surface area contributed by atoms with Crippen molar-refractivity contribution < 1.29 is 19.1 Å². The first-order chi connectivity index (χ1) is 11.8. The van der Waals surface area contributed by atoms with Crippen LogP contribution in [0.15, 0.2) is 36.4 Å². The van der Waals surface area contributed by atoms with Crippen LogP contribution >= 0.6 is 34.8 Å². The minimum absolute atomic E-state index is 0.152. The molecule has 0 saturated heterocycles. The number of ether oxygens (including phenoxy) is 1. The molecule has 0 unspecified atom stereocenters. The molecule has 0 aliphatic heterocycles. The number of amides is 2. The first-order valence-electron chi connectivity index (χ1n) is 6.79. The van der Waals surface area contributed by atoms with Gasteiger partial charge in [-0.15, -0.1) is 0 Å². The molecule has 9 heteroatoms. The molecule has 0 atom stereocenters. The highest BCUT2D eigenvalue weighted by Crippen LogP contribution is 2.33. The van der Waals surface area contributed by atoms with Gasteiger partial charge in [-0.2, -0.15) is 0 Å². The predicted octanol–water partition coefficient (Wildman–Crippen LogP) is 3.54. The van der Waals surface area contributed by atoms with Gasteiger partial charge in [0.25, 0.3) is 5.91 Å². The van der Waals surface area contributed by atoms with Crippen molar-refractivity contribution in [3.63, 3.8) is 0 Å². The van der Waals surface area contributed by atoms with Gasteiger partial charge in [-0.05, 0) is 36.4 Å². The summed E-state index contributed by atoms with van der Waals surface area (Å²) in [4.78, 5) is 34.7. The van der Waals surface area contributed by atoms with Crippen LogP contribution < -0.4 is 11.1 Å². The second-order valence-electron chi connectivity index (χ2n) is 4.81. The molecular weight excluding hydrogens is 391 g/mol. The maximum absolute atomic E-state index is 11.9. The molecule has 0 aliphatic carbocycles. The molecule has 130 valence electrons. The zero-order chi connectivity index (χ0) is 18.6. The summed E-state index contributed by atoms with van der Waals surface area (Å²) in [6, 6.07) is 8.33. The first kappa shape index (κ1) is 19.1. The first-order valence-corrected chi connectivity index (χ1v) is 7.92. The fourth-order valence-corrected chi connectivity index (χ4v) is 2.73. The SMILES string of the molecule is NC(=O)c1ccc(C(=O)OCC(=O)Nc2c(Cl)cc(Cl)cc2Cl)cc1. The lowest BCUT2D eigenvalue weighted by atomic mass is 10.1. The second kappa shape index (κ2) is 8.20. The maximum Gasteiger partial charge on any atom is 0.338 e. The molecule has 0 aromatic heterocycles. The van der Waals surface area contributed by atoms with E-state index in [1.807, 2.05) is 0 Å². The third-order valence-corrected chi connectivity index (χ3v) is 3.83.